The van der Waals surface area contributed by atoms with Crippen molar-refractivity contribution < 1.29 is 0 Å². The lowest BCUT2D eigenvalue weighted by molar-refractivity contribution is 0.664. The van der Waals surface area contributed by atoms with Crippen LogP contribution in [0.25, 0.3) is 11.3 Å². The zero-order chi connectivity index (χ0) is 14.5. The van der Waals surface area contributed by atoms with Crippen molar-refractivity contribution in [2.75, 3.05) is 6.54 Å². The van der Waals surface area contributed by atoms with Gasteiger partial charge in [-0.2, -0.15) is 0 Å². The van der Waals surface area contributed by atoms with Gasteiger partial charge in [0.15, 0.2) is 0 Å². The van der Waals surface area contributed by atoms with Gasteiger partial charge in [-0.3, -0.25) is 0 Å². The molecule has 0 fully saturated rings. The Bertz CT molecular complexity index is 674. The zero-order valence-electron chi connectivity index (χ0n) is 12.0. The van der Waals surface area contributed by atoms with Crippen molar-refractivity contribution in [3.05, 3.63) is 58.4 Å². The molecule has 2 N–H and O–H groups in total. The highest BCUT2D eigenvalue weighted by Gasteiger charge is 2.09. The van der Waals surface area contributed by atoms with Crippen molar-refractivity contribution >= 4 is 11.3 Å². The van der Waals surface area contributed by atoms with Crippen molar-refractivity contribution in [1.82, 2.24) is 20.3 Å². The zero-order valence-corrected chi connectivity index (χ0v) is 12.8. The number of H-pyrrole nitrogens is 1. The molecule has 0 spiro atoms. The van der Waals surface area contributed by atoms with Gasteiger partial charge < -0.3 is 10.3 Å². The fraction of sp³-hybridized carbons (Fsp3) is 0.250. The number of imidazole rings is 1. The molecule has 0 unspecified atom stereocenters. The van der Waals surface area contributed by atoms with Gasteiger partial charge in [0.1, 0.15) is 5.82 Å². The van der Waals surface area contributed by atoms with Gasteiger partial charge in [0.25, 0.3) is 0 Å². The molecule has 5 heteroatoms. The smallest absolute Gasteiger partial charge is 0.120 e. The van der Waals surface area contributed by atoms with E-state index in [9.17, 15) is 0 Å². The third-order valence-corrected chi connectivity index (χ3v) is 4.28. The normalized spacial score (nSPS) is 10.9. The summed E-state index contributed by atoms with van der Waals surface area (Å²) in [6, 6.07) is 10.4. The SMILES string of the molecule is Cc1sc(CCNCc2ncc[nH]2)nc1-c1ccccc1. The Hall–Kier alpha value is -1.98. The van der Waals surface area contributed by atoms with E-state index in [1.54, 1.807) is 17.5 Å². The Balaban J connectivity index is 1.57. The summed E-state index contributed by atoms with van der Waals surface area (Å²) in [6.07, 6.45) is 4.56. The Morgan fingerprint density at radius 2 is 2.10 bits per heavy atom. The largest absolute Gasteiger partial charge is 0.348 e. The monoisotopic (exact) mass is 298 g/mol. The van der Waals surface area contributed by atoms with E-state index in [1.165, 1.54) is 15.4 Å². The number of nitrogens with zero attached hydrogens (tertiary/aromatic N) is 2. The summed E-state index contributed by atoms with van der Waals surface area (Å²) in [4.78, 5) is 13.3. The molecule has 2 heterocycles. The second kappa shape index (κ2) is 6.65. The van der Waals surface area contributed by atoms with Gasteiger partial charge in [-0.15, -0.1) is 11.3 Å². The van der Waals surface area contributed by atoms with E-state index in [0.717, 1.165) is 31.0 Å². The fourth-order valence-electron chi connectivity index (χ4n) is 2.22. The quantitative estimate of drug-likeness (QED) is 0.687. The lowest BCUT2D eigenvalue weighted by Crippen LogP contribution is -2.17. The van der Waals surface area contributed by atoms with Crippen LogP contribution in [0.15, 0.2) is 42.7 Å². The number of thiazole rings is 1. The molecule has 3 rings (SSSR count). The molecule has 0 bridgehead atoms. The average Bonchev–Trinajstić information content (AvgIpc) is 3.14. The van der Waals surface area contributed by atoms with E-state index < -0.39 is 0 Å². The van der Waals surface area contributed by atoms with Gasteiger partial charge >= 0.3 is 0 Å². The Kier molecular flexibility index (Phi) is 4.43. The summed E-state index contributed by atoms with van der Waals surface area (Å²) in [5.74, 6) is 0.968. The molecular weight excluding hydrogens is 280 g/mol. The number of aryl methyl sites for hydroxylation is 1. The molecule has 0 saturated carbocycles. The first kappa shape index (κ1) is 14.0. The van der Waals surface area contributed by atoms with E-state index in [4.69, 9.17) is 4.98 Å². The summed E-state index contributed by atoms with van der Waals surface area (Å²) >= 11 is 1.78. The summed E-state index contributed by atoms with van der Waals surface area (Å²) in [6.45, 7) is 3.81. The minimum atomic E-state index is 0.767. The highest BCUT2D eigenvalue weighted by molar-refractivity contribution is 7.12. The Morgan fingerprint density at radius 1 is 1.24 bits per heavy atom. The van der Waals surface area contributed by atoms with Gasteiger partial charge in [-0.1, -0.05) is 30.3 Å². The number of hydrogen-bond acceptors (Lipinski definition) is 4. The summed E-state index contributed by atoms with van der Waals surface area (Å²) in [7, 11) is 0. The molecule has 0 radical (unpaired) electrons. The number of aromatic amines is 1. The first-order chi connectivity index (χ1) is 10.3. The predicted molar refractivity (Wildman–Crippen MR) is 86.3 cm³/mol. The van der Waals surface area contributed by atoms with Crippen molar-refractivity contribution in [3.63, 3.8) is 0 Å². The minimum absolute atomic E-state index is 0.767. The third kappa shape index (κ3) is 3.56. The maximum absolute atomic E-state index is 4.77. The van der Waals surface area contributed by atoms with E-state index >= 15 is 0 Å². The molecule has 2 aromatic heterocycles. The first-order valence-corrected chi connectivity index (χ1v) is 7.85. The molecule has 3 aromatic rings. The third-order valence-electron chi connectivity index (χ3n) is 3.25. The van der Waals surface area contributed by atoms with Gasteiger partial charge in [0.05, 0.1) is 17.2 Å². The molecule has 4 nitrogen and oxygen atoms in total. The van der Waals surface area contributed by atoms with Crippen molar-refractivity contribution in [2.24, 2.45) is 0 Å². The van der Waals surface area contributed by atoms with Crippen molar-refractivity contribution in [2.45, 2.75) is 19.9 Å². The molecule has 1 aromatic carbocycles. The van der Waals surface area contributed by atoms with E-state index in [-0.39, 0.29) is 0 Å². The molecule has 0 aliphatic carbocycles. The summed E-state index contributed by atoms with van der Waals surface area (Å²) < 4.78 is 0. The number of benzene rings is 1. The van der Waals surface area contributed by atoms with E-state index in [1.807, 2.05) is 12.3 Å². The van der Waals surface area contributed by atoms with E-state index in [2.05, 4.69) is 46.5 Å². The Labute approximate surface area is 128 Å². The second-order valence-corrected chi connectivity index (χ2v) is 6.13. The van der Waals surface area contributed by atoms with Crippen LogP contribution in [0.3, 0.4) is 0 Å². The number of aromatic nitrogens is 3. The maximum atomic E-state index is 4.77. The van der Waals surface area contributed by atoms with Crippen LogP contribution in [0.4, 0.5) is 0 Å². The summed E-state index contributed by atoms with van der Waals surface area (Å²) in [5.41, 5.74) is 2.31. The molecule has 0 aliphatic heterocycles. The molecule has 0 aliphatic rings. The molecule has 108 valence electrons. The number of nitrogens with one attached hydrogen (secondary N) is 2. The van der Waals surface area contributed by atoms with E-state index in [0.29, 0.717) is 0 Å². The number of hydrogen-bond donors (Lipinski definition) is 2. The Morgan fingerprint density at radius 3 is 2.86 bits per heavy atom. The highest BCUT2D eigenvalue weighted by Crippen LogP contribution is 2.27. The average molecular weight is 298 g/mol. The van der Waals surface area contributed by atoms with Crippen LogP contribution < -0.4 is 5.32 Å². The fourth-order valence-corrected chi connectivity index (χ4v) is 3.17. The van der Waals surface area contributed by atoms with Crippen LogP contribution in [-0.4, -0.2) is 21.5 Å². The van der Waals surface area contributed by atoms with Gasteiger partial charge in [-0.05, 0) is 6.92 Å². The molecule has 0 amide bonds. The van der Waals surface area contributed by atoms with Crippen LogP contribution in [0.2, 0.25) is 0 Å². The van der Waals surface area contributed by atoms with Crippen LogP contribution in [0.5, 0.6) is 0 Å². The van der Waals surface area contributed by atoms with Crippen molar-refractivity contribution in [1.29, 1.82) is 0 Å². The van der Waals surface area contributed by atoms with Crippen LogP contribution in [0, 0.1) is 6.92 Å². The maximum Gasteiger partial charge on any atom is 0.120 e. The van der Waals surface area contributed by atoms with Crippen molar-refractivity contribution in [3.8, 4) is 11.3 Å². The lowest BCUT2D eigenvalue weighted by atomic mass is 10.1. The summed E-state index contributed by atoms with van der Waals surface area (Å²) in [5, 5.41) is 4.56. The van der Waals surface area contributed by atoms with Crippen LogP contribution >= 0.6 is 11.3 Å². The lowest BCUT2D eigenvalue weighted by Gasteiger charge is -2.00. The first-order valence-electron chi connectivity index (χ1n) is 7.03. The molecule has 0 atom stereocenters. The topological polar surface area (TPSA) is 53.6 Å². The number of rotatable bonds is 6. The standard InChI is InChI=1S/C16H18N4S/c1-12-16(13-5-3-2-4-6-13)20-15(21-12)7-8-17-11-14-18-9-10-19-14/h2-6,9-10,17H,7-8,11H2,1H3,(H,18,19). The predicted octanol–water partition coefficient (Wildman–Crippen LogP) is 3.17. The minimum Gasteiger partial charge on any atom is -0.348 e. The molecular formula is C16H18N4S. The highest BCUT2D eigenvalue weighted by atomic mass is 32.1. The van der Waals surface area contributed by atoms with Gasteiger partial charge in [-0.25, -0.2) is 9.97 Å². The second-order valence-electron chi connectivity index (χ2n) is 4.84. The molecule has 0 saturated heterocycles. The van der Waals surface area contributed by atoms with Crippen LogP contribution in [-0.2, 0) is 13.0 Å². The van der Waals surface area contributed by atoms with Crippen LogP contribution in [0.1, 0.15) is 15.7 Å². The molecule has 21 heavy (non-hydrogen) atoms. The van der Waals surface area contributed by atoms with Gasteiger partial charge in [0.2, 0.25) is 0 Å². The van der Waals surface area contributed by atoms with Gasteiger partial charge in [0, 0.05) is 35.8 Å².